The zero-order valence-corrected chi connectivity index (χ0v) is 19.6. The number of ether oxygens (including phenoxy) is 1. The maximum atomic E-state index is 13.4. The second-order valence-corrected chi connectivity index (χ2v) is 8.34. The van der Waals surface area contributed by atoms with Gasteiger partial charge in [0.15, 0.2) is 0 Å². The normalized spacial score (nSPS) is 12.1. The van der Waals surface area contributed by atoms with Crippen molar-refractivity contribution in [3.05, 3.63) is 102 Å². The number of halogens is 1. The number of aliphatic hydroxyl groups is 1. The van der Waals surface area contributed by atoms with E-state index in [1.54, 1.807) is 16.8 Å². The van der Waals surface area contributed by atoms with Crippen molar-refractivity contribution < 1.29 is 14.2 Å². The fourth-order valence-electron chi connectivity index (χ4n) is 4.06. The fraction of sp³-hybridized carbons (Fsp3) is 0.250. The van der Waals surface area contributed by atoms with Crippen LogP contribution in [0.15, 0.2) is 84.9 Å². The van der Waals surface area contributed by atoms with E-state index in [9.17, 15) is 9.50 Å². The first kappa shape index (κ1) is 23.7. The molecule has 4 rings (SSSR count). The van der Waals surface area contributed by atoms with Gasteiger partial charge in [0.1, 0.15) is 17.3 Å². The zero-order chi connectivity index (χ0) is 23.9. The van der Waals surface area contributed by atoms with Crippen molar-refractivity contribution in [1.29, 1.82) is 0 Å². The molecule has 1 N–H and O–H groups in total. The molecule has 1 unspecified atom stereocenters. The summed E-state index contributed by atoms with van der Waals surface area (Å²) >= 11 is 0. The van der Waals surface area contributed by atoms with Gasteiger partial charge in [-0.25, -0.2) is 9.07 Å². The van der Waals surface area contributed by atoms with Crippen LogP contribution in [0, 0.1) is 5.82 Å². The molecule has 3 aromatic carbocycles. The maximum absolute atomic E-state index is 13.4. The molecule has 0 bridgehead atoms. The highest BCUT2D eigenvalue weighted by molar-refractivity contribution is 5.65. The van der Waals surface area contributed by atoms with E-state index in [0.29, 0.717) is 24.7 Å². The quantitative estimate of drug-likeness (QED) is 0.318. The molecule has 4 aromatic rings. The predicted octanol–water partition coefficient (Wildman–Crippen LogP) is 5.96. The first-order valence-corrected chi connectivity index (χ1v) is 11.5. The highest BCUT2D eigenvalue weighted by Crippen LogP contribution is 2.34. The van der Waals surface area contributed by atoms with Gasteiger partial charge in [0.2, 0.25) is 5.88 Å². The summed E-state index contributed by atoms with van der Waals surface area (Å²) < 4.78 is 21.4. The Morgan fingerprint density at radius 3 is 2.26 bits per heavy atom. The first-order chi connectivity index (χ1) is 16.5. The minimum absolute atomic E-state index is 0.313. The number of nitrogens with zero attached hydrogens (tertiary/aromatic N) is 3. The lowest BCUT2D eigenvalue weighted by Gasteiger charge is -2.25. The molecular weight excluding hydrogens is 429 g/mol. The van der Waals surface area contributed by atoms with Gasteiger partial charge in [0, 0.05) is 25.7 Å². The van der Waals surface area contributed by atoms with Crippen molar-refractivity contribution >= 4 is 0 Å². The third-order valence-electron chi connectivity index (χ3n) is 5.70. The molecule has 1 atom stereocenters. The van der Waals surface area contributed by atoms with Crippen LogP contribution in [0.25, 0.3) is 11.3 Å². The number of aromatic nitrogens is 2. The Labute approximate surface area is 200 Å². The van der Waals surface area contributed by atoms with Gasteiger partial charge < -0.3 is 9.84 Å². The standard InChI is InChI=1S/C28H30FN3O2/c1-3-18-32(20-26(33)21-10-6-4-7-11-21)19-25-27(22-12-8-5-9-13-22)30-31(2)28(25)34-24-16-14-23(29)15-17-24/h4-17,26,33H,3,18-20H2,1-2H3. The Hall–Kier alpha value is -3.48. The van der Waals surface area contributed by atoms with Crippen LogP contribution < -0.4 is 4.74 Å². The van der Waals surface area contributed by atoms with Crippen molar-refractivity contribution in [3.63, 3.8) is 0 Å². The number of benzene rings is 3. The smallest absolute Gasteiger partial charge is 0.222 e. The summed E-state index contributed by atoms with van der Waals surface area (Å²) in [7, 11) is 1.85. The number of aryl methyl sites for hydroxylation is 1. The van der Waals surface area contributed by atoms with E-state index in [-0.39, 0.29) is 5.82 Å². The third-order valence-corrected chi connectivity index (χ3v) is 5.70. The zero-order valence-electron chi connectivity index (χ0n) is 19.6. The Kier molecular flexibility index (Phi) is 7.72. The number of aliphatic hydroxyl groups excluding tert-OH is 1. The molecule has 0 radical (unpaired) electrons. The van der Waals surface area contributed by atoms with E-state index < -0.39 is 6.10 Å². The molecule has 176 valence electrons. The number of hydrogen-bond acceptors (Lipinski definition) is 4. The summed E-state index contributed by atoms with van der Waals surface area (Å²) in [4.78, 5) is 2.22. The van der Waals surface area contributed by atoms with Gasteiger partial charge in [0.25, 0.3) is 0 Å². The van der Waals surface area contributed by atoms with Gasteiger partial charge in [-0.05, 0) is 42.8 Å². The molecule has 34 heavy (non-hydrogen) atoms. The Morgan fingerprint density at radius 1 is 0.971 bits per heavy atom. The molecule has 1 heterocycles. The van der Waals surface area contributed by atoms with Gasteiger partial charge in [0.05, 0.1) is 11.7 Å². The first-order valence-electron chi connectivity index (χ1n) is 11.5. The highest BCUT2D eigenvalue weighted by atomic mass is 19.1. The molecule has 0 aliphatic heterocycles. The molecule has 0 saturated heterocycles. The van der Waals surface area contributed by atoms with Crippen molar-refractivity contribution in [2.24, 2.45) is 7.05 Å². The lowest BCUT2D eigenvalue weighted by Crippen LogP contribution is -2.29. The van der Waals surface area contributed by atoms with Gasteiger partial charge in [-0.2, -0.15) is 5.10 Å². The Morgan fingerprint density at radius 2 is 1.62 bits per heavy atom. The molecule has 0 amide bonds. The third kappa shape index (κ3) is 5.71. The van der Waals surface area contributed by atoms with E-state index in [0.717, 1.165) is 35.3 Å². The van der Waals surface area contributed by atoms with E-state index in [4.69, 9.17) is 9.84 Å². The SMILES string of the molecule is CCCN(Cc1c(-c2ccccc2)nn(C)c1Oc1ccc(F)cc1)CC(O)c1ccccc1. The maximum Gasteiger partial charge on any atom is 0.222 e. The Balaban J connectivity index is 1.68. The van der Waals surface area contributed by atoms with Crippen molar-refractivity contribution in [3.8, 4) is 22.9 Å². The van der Waals surface area contributed by atoms with E-state index in [1.807, 2.05) is 67.7 Å². The summed E-state index contributed by atoms with van der Waals surface area (Å²) in [5, 5.41) is 15.7. The van der Waals surface area contributed by atoms with Crippen LogP contribution in [0.5, 0.6) is 11.6 Å². The minimum Gasteiger partial charge on any atom is -0.439 e. The second-order valence-electron chi connectivity index (χ2n) is 8.34. The summed E-state index contributed by atoms with van der Waals surface area (Å²) in [5.41, 5.74) is 3.63. The molecule has 0 aliphatic carbocycles. The minimum atomic E-state index is -0.605. The van der Waals surface area contributed by atoms with Crippen LogP contribution in [0.3, 0.4) is 0 Å². The van der Waals surface area contributed by atoms with E-state index >= 15 is 0 Å². The van der Waals surface area contributed by atoms with E-state index in [2.05, 4.69) is 11.8 Å². The lowest BCUT2D eigenvalue weighted by molar-refractivity contribution is 0.108. The Bertz CT molecular complexity index is 1180. The van der Waals surface area contributed by atoms with Crippen molar-refractivity contribution in [1.82, 2.24) is 14.7 Å². The lowest BCUT2D eigenvalue weighted by atomic mass is 10.1. The fourth-order valence-corrected chi connectivity index (χ4v) is 4.06. The largest absolute Gasteiger partial charge is 0.439 e. The van der Waals surface area contributed by atoms with Crippen LogP contribution in [-0.2, 0) is 13.6 Å². The van der Waals surface area contributed by atoms with Crippen molar-refractivity contribution in [2.45, 2.75) is 26.0 Å². The second kappa shape index (κ2) is 11.1. The molecule has 0 aliphatic rings. The monoisotopic (exact) mass is 459 g/mol. The summed E-state index contributed by atoms with van der Waals surface area (Å²) in [6.07, 6.45) is 0.336. The molecule has 1 aromatic heterocycles. The van der Waals surface area contributed by atoms with Crippen LogP contribution in [0.1, 0.15) is 30.6 Å². The average molecular weight is 460 g/mol. The summed E-state index contributed by atoms with van der Waals surface area (Å²) in [6.45, 7) is 3.96. The molecule has 6 heteroatoms. The van der Waals surface area contributed by atoms with E-state index in [1.165, 1.54) is 12.1 Å². The van der Waals surface area contributed by atoms with Gasteiger partial charge in [-0.15, -0.1) is 0 Å². The molecular formula is C28H30FN3O2. The van der Waals surface area contributed by atoms with Crippen LogP contribution in [0.4, 0.5) is 4.39 Å². The van der Waals surface area contributed by atoms with Crippen LogP contribution in [0.2, 0.25) is 0 Å². The summed E-state index contributed by atoms with van der Waals surface area (Å²) in [5.74, 6) is 0.823. The average Bonchev–Trinajstić information content (AvgIpc) is 3.16. The van der Waals surface area contributed by atoms with Crippen LogP contribution >= 0.6 is 0 Å². The summed E-state index contributed by atoms with van der Waals surface area (Å²) in [6, 6.07) is 25.7. The van der Waals surface area contributed by atoms with Crippen LogP contribution in [-0.4, -0.2) is 32.9 Å². The number of rotatable bonds is 10. The predicted molar refractivity (Wildman–Crippen MR) is 132 cm³/mol. The topological polar surface area (TPSA) is 50.5 Å². The van der Waals surface area contributed by atoms with Gasteiger partial charge >= 0.3 is 0 Å². The molecule has 5 nitrogen and oxygen atoms in total. The molecule has 0 fully saturated rings. The highest BCUT2D eigenvalue weighted by Gasteiger charge is 2.23. The van der Waals surface area contributed by atoms with Crippen molar-refractivity contribution in [2.75, 3.05) is 13.1 Å². The molecule has 0 saturated carbocycles. The van der Waals surface area contributed by atoms with Gasteiger partial charge in [-0.3, -0.25) is 4.90 Å². The number of hydrogen-bond donors (Lipinski definition) is 1. The van der Waals surface area contributed by atoms with Gasteiger partial charge in [-0.1, -0.05) is 67.6 Å². The molecule has 0 spiro atoms.